The van der Waals surface area contributed by atoms with Crippen molar-refractivity contribution < 1.29 is 23.2 Å². The number of carboxylic acids is 1. The molecule has 0 rings (SSSR count). The second kappa shape index (κ2) is 16.2. The van der Waals surface area contributed by atoms with Crippen LogP contribution in [-0.4, -0.2) is 41.2 Å². The maximum atomic E-state index is 9.60. The van der Waals surface area contributed by atoms with E-state index >= 15 is 0 Å². The molecule has 0 aliphatic carbocycles. The van der Waals surface area contributed by atoms with E-state index in [1.54, 1.807) is 21.3 Å². The van der Waals surface area contributed by atoms with Gasteiger partial charge in [-0.25, -0.2) is 4.79 Å². The predicted octanol–water partition coefficient (Wildman–Crippen LogP) is 4.65. The van der Waals surface area contributed by atoms with Crippen LogP contribution in [0.5, 0.6) is 0 Å². The van der Waals surface area contributed by atoms with E-state index in [2.05, 4.69) is 13.5 Å². The van der Waals surface area contributed by atoms with E-state index in [1.807, 2.05) is 0 Å². The minimum atomic E-state index is -2.30. The van der Waals surface area contributed by atoms with Gasteiger partial charge in [-0.05, 0) is 13.3 Å². The minimum Gasteiger partial charge on any atom is -0.478 e. The van der Waals surface area contributed by atoms with Crippen LogP contribution in [0.3, 0.4) is 0 Å². The van der Waals surface area contributed by atoms with Crippen LogP contribution in [0.2, 0.25) is 6.04 Å². The molecule has 0 amide bonds. The Bertz CT molecular complexity index is 283. The summed E-state index contributed by atoms with van der Waals surface area (Å²) >= 11 is 0. The summed E-state index contributed by atoms with van der Waals surface area (Å²) < 4.78 is 16.2. The summed E-state index contributed by atoms with van der Waals surface area (Å²) in [5.41, 5.74) is 0.176. The van der Waals surface area contributed by atoms with Gasteiger partial charge in [0.05, 0.1) is 0 Å². The molecule has 1 N–H and O–H groups in total. The molecule has 138 valence electrons. The van der Waals surface area contributed by atoms with Gasteiger partial charge in [0.25, 0.3) is 0 Å². The highest BCUT2D eigenvalue weighted by Crippen LogP contribution is 2.18. The van der Waals surface area contributed by atoms with Crippen LogP contribution in [-0.2, 0) is 18.1 Å². The van der Waals surface area contributed by atoms with Gasteiger partial charge in [0.1, 0.15) is 0 Å². The third kappa shape index (κ3) is 14.6. The molecule has 0 atom stereocenters. The summed E-state index contributed by atoms with van der Waals surface area (Å²) in [6, 6.07) is 0.936. The molecule has 0 spiro atoms. The molecule has 0 aliphatic rings. The van der Waals surface area contributed by atoms with Crippen molar-refractivity contribution in [3.8, 4) is 0 Å². The van der Waals surface area contributed by atoms with Crippen molar-refractivity contribution in [1.82, 2.24) is 0 Å². The van der Waals surface area contributed by atoms with Crippen molar-refractivity contribution in [2.24, 2.45) is 0 Å². The lowest BCUT2D eigenvalue weighted by Crippen LogP contribution is -2.42. The normalized spacial score (nSPS) is 10.8. The standard InChI is InChI=1S/C13H30O3Si.C4H6O2/c1-5-6-7-8-9-10-11-12-13-17(14-2,15-3)16-4;1-3(2)4(5)6/h5-13H2,1-4H3;1H2,2H3,(H,5,6). The number of carboxylic acid groups (broad SMARTS) is 1. The van der Waals surface area contributed by atoms with Crippen molar-refractivity contribution in [3.05, 3.63) is 12.2 Å². The fraction of sp³-hybridized carbons (Fsp3) is 0.824. The lowest BCUT2D eigenvalue weighted by Gasteiger charge is -2.24. The lowest BCUT2D eigenvalue weighted by atomic mass is 10.1. The Hall–Kier alpha value is -0.693. The fourth-order valence-electron chi connectivity index (χ4n) is 2.03. The molecule has 0 unspecified atom stereocenters. The molecule has 0 aromatic carbocycles. The van der Waals surface area contributed by atoms with Gasteiger partial charge < -0.3 is 18.4 Å². The van der Waals surface area contributed by atoms with Gasteiger partial charge in [-0.1, -0.05) is 58.4 Å². The molecule has 0 saturated heterocycles. The fourth-order valence-corrected chi connectivity index (χ4v) is 3.83. The van der Waals surface area contributed by atoms with Gasteiger partial charge in [-0.15, -0.1) is 0 Å². The second-order valence-corrected chi connectivity index (χ2v) is 8.70. The predicted molar refractivity (Wildman–Crippen MR) is 96.6 cm³/mol. The number of carbonyl (C=O) groups is 1. The summed E-state index contributed by atoms with van der Waals surface area (Å²) in [5, 5.41) is 7.89. The van der Waals surface area contributed by atoms with Crippen LogP contribution < -0.4 is 0 Å². The summed E-state index contributed by atoms with van der Waals surface area (Å²) in [6.45, 7) is 6.86. The average molecular weight is 349 g/mol. The molecule has 6 heteroatoms. The molecular weight excluding hydrogens is 312 g/mol. The second-order valence-electron chi connectivity index (χ2n) is 5.61. The largest absolute Gasteiger partial charge is 0.500 e. The minimum absolute atomic E-state index is 0.176. The summed E-state index contributed by atoms with van der Waals surface area (Å²) in [6.07, 6.45) is 10.6. The van der Waals surface area contributed by atoms with Crippen LogP contribution in [0.15, 0.2) is 12.2 Å². The SMILES string of the molecule is C=C(C)C(=O)O.CCCCCCCCCC[Si](OC)(OC)OC. The van der Waals surface area contributed by atoms with Crippen LogP contribution in [0, 0.1) is 0 Å². The van der Waals surface area contributed by atoms with Crippen LogP contribution in [0.4, 0.5) is 0 Å². The Labute approximate surface area is 143 Å². The third-order valence-electron chi connectivity index (χ3n) is 3.63. The molecule has 0 aliphatic heterocycles. The highest BCUT2D eigenvalue weighted by molar-refractivity contribution is 6.60. The molecule has 0 heterocycles. The number of unbranched alkanes of at least 4 members (excludes halogenated alkanes) is 7. The molecule has 0 saturated carbocycles. The zero-order valence-corrected chi connectivity index (χ0v) is 16.7. The van der Waals surface area contributed by atoms with E-state index < -0.39 is 14.8 Å². The Morgan fingerprint density at radius 2 is 1.26 bits per heavy atom. The van der Waals surface area contributed by atoms with E-state index in [1.165, 1.54) is 51.9 Å². The maximum Gasteiger partial charge on any atom is 0.500 e. The maximum absolute atomic E-state index is 9.60. The summed E-state index contributed by atoms with van der Waals surface area (Å²) in [7, 11) is 2.75. The summed E-state index contributed by atoms with van der Waals surface area (Å²) in [4.78, 5) is 9.60. The highest BCUT2D eigenvalue weighted by atomic mass is 28.4. The van der Waals surface area contributed by atoms with Gasteiger partial charge in [0, 0.05) is 32.9 Å². The molecular formula is C17H36O5Si. The Balaban J connectivity index is 0. The van der Waals surface area contributed by atoms with E-state index in [-0.39, 0.29) is 5.57 Å². The van der Waals surface area contributed by atoms with Gasteiger partial charge in [-0.2, -0.15) is 0 Å². The average Bonchev–Trinajstić information content (AvgIpc) is 2.55. The van der Waals surface area contributed by atoms with Crippen molar-refractivity contribution in [3.63, 3.8) is 0 Å². The number of aliphatic carboxylic acids is 1. The van der Waals surface area contributed by atoms with Crippen LogP contribution in [0.25, 0.3) is 0 Å². The molecule has 0 aromatic rings. The van der Waals surface area contributed by atoms with Crippen molar-refractivity contribution in [2.45, 2.75) is 71.3 Å². The van der Waals surface area contributed by atoms with Crippen LogP contribution >= 0.6 is 0 Å². The Kier molecular flexibility index (Phi) is 17.3. The zero-order chi connectivity index (χ0) is 18.1. The first-order valence-corrected chi connectivity index (χ1v) is 10.4. The molecule has 0 bridgehead atoms. The van der Waals surface area contributed by atoms with Crippen LogP contribution in [0.1, 0.15) is 65.2 Å². The molecule has 23 heavy (non-hydrogen) atoms. The zero-order valence-electron chi connectivity index (χ0n) is 15.7. The quantitative estimate of drug-likeness (QED) is 0.298. The molecule has 0 fully saturated rings. The lowest BCUT2D eigenvalue weighted by molar-refractivity contribution is -0.132. The highest BCUT2D eigenvalue weighted by Gasteiger charge is 2.36. The third-order valence-corrected chi connectivity index (χ3v) is 6.47. The van der Waals surface area contributed by atoms with Crippen molar-refractivity contribution >= 4 is 14.8 Å². The Morgan fingerprint density at radius 1 is 0.913 bits per heavy atom. The monoisotopic (exact) mass is 348 g/mol. The van der Waals surface area contributed by atoms with Gasteiger partial charge in [-0.3, -0.25) is 0 Å². The van der Waals surface area contributed by atoms with Gasteiger partial charge >= 0.3 is 14.8 Å². The first-order chi connectivity index (χ1) is 10.9. The van der Waals surface area contributed by atoms with E-state index in [0.29, 0.717) is 0 Å². The molecule has 0 aromatic heterocycles. The van der Waals surface area contributed by atoms with Gasteiger partial charge in [0.15, 0.2) is 0 Å². The first-order valence-electron chi connectivity index (χ1n) is 8.43. The topological polar surface area (TPSA) is 65.0 Å². The molecule has 0 radical (unpaired) electrons. The van der Waals surface area contributed by atoms with E-state index in [4.69, 9.17) is 18.4 Å². The smallest absolute Gasteiger partial charge is 0.478 e. The number of hydrogen-bond acceptors (Lipinski definition) is 4. The summed E-state index contributed by atoms with van der Waals surface area (Å²) in [5.74, 6) is -0.935. The van der Waals surface area contributed by atoms with Gasteiger partial charge in [0.2, 0.25) is 0 Å². The number of hydrogen-bond donors (Lipinski definition) is 1. The van der Waals surface area contributed by atoms with E-state index in [9.17, 15) is 4.79 Å². The van der Waals surface area contributed by atoms with E-state index in [0.717, 1.165) is 12.5 Å². The van der Waals surface area contributed by atoms with Crippen molar-refractivity contribution in [2.75, 3.05) is 21.3 Å². The molecule has 5 nitrogen and oxygen atoms in total. The number of rotatable bonds is 13. The first kappa shape index (κ1) is 24.6. The van der Waals surface area contributed by atoms with Crippen molar-refractivity contribution in [1.29, 1.82) is 0 Å². The Morgan fingerprint density at radius 3 is 1.57 bits per heavy atom.